The molecule has 0 aliphatic rings. The minimum absolute atomic E-state index is 0.286. The molecule has 1 amide bonds. The van der Waals surface area contributed by atoms with Gasteiger partial charge in [0.05, 0.1) is 0 Å². The Labute approximate surface area is 138 Å². The molecule has 2 nitrogen and oxygen atoms in total. The van der Waals surface area contributed by atoms with Crippen molar-refractivity contribution in [1.29, 1.82) is 0 Å². The fourth-order valence-corrected chi connectivity index (χ4v) is 2.39. The predicted octanol–water partition coefficient (Wildman–Crippen LogP) is 5.61. The molecule has 2 aromatic carbocycles. The Balaban J connectivity index is 2.11. The molecule has 0 unspecified atom stereocenters. The Morgan fingerprint density at radius 2 is 1.71 bits per heavy atom. The van der Waals surface area contributed by atoms with Gasteiger partial charge in [0.25, 0.3) is 0 Å². The summed E-state index contributed by atoms with van der Waals surface area (Å²) < 4.78 is 0. The third-order valence-electron chi connectivity index (χ3n) is 2.84. The molecule has 0 aromatic heterocycles. The van der Waals surface area contributed by atoms with Crippen LogP contribution in [0.5, 0.6) is 0 Å². The number of benzene rings is 2. The molecule has 1 N–H and O–H groups in total. The topological polar surface area (TPSA) is 29.1 Å². The van der Waals surface area contributed by atoms with Crippen molar-refractivity contribution >= 4 is 52.5 Å². The summed E-state index contributed by atoms with van der Waals surface area (Å²) in [5, 5.41) is 4.31. The molecular weight excluding hydrogens is 329 g/mol. The number of hydrogen-bond donors (Lipinski definition) is 1. The van der Waals surface area contributed by atoms with Crippen LogP contribution in [0.4, 0.5) is 5.69 Å². The smallest absolute Gasteiger partial charge is 0.248 e. The lowest BCUT2D eigenvalue weighted by Gasteiger charge is -2.05. The number of amides is 1. The van der Waals surface area contributed by atoms with Gasteiger partial charge in [-0.3, -0.25) is 4.79 Å². The molecule has 0 aliphatic carbocycles. The van der Waals surface area contributed by atoms with E-state index in [4.69, 9.17) is 34.8 Å². The van der Waals surface area contributed by atoms with Crippen LogP contribution < -0.4 is 5.32 Å². The summed E-state index contributed by atoms with van der Waals surface area (Å²) in [5.41, 5.74) is 2.19. The van der Waals surface area contributed by atoms with Crippen LogP contribution in [0.2, 0.25) is 15.1 Å². The van der Waals surface area contributed by atoms with Gasteiger partial charge in [-0.15, -0.1) is 0 Å². The Hall–Kier alpha value is -1.48. The van der Waals surface area contributed by atoms with Crippen molar-refractivity contribution in [1.82, 2.24) is 0 Å². The van der Waals surface area contributed by atoms with E-state index in [-0.39, 0.29) is 5.91 Å². The fraction of sp³-hybridized carbons (Fsp3) is 0.0625. The van der Waals surface area contributed by atoms with Crippen LogP contribution in [0.1, 0.15) is 11.1 Å². The summed E-state index contributed by atoms with van der Waals surface area (Å²) in [6.45, 7) is 1.90. The summed E-state index contributed by atoms with van der Waals surface area (Å²) in [7, 11) is 0. The number of carbonyl (C=O) groups excluding carboxylic acids is 1. The summed E-state index contributed by atoms with van der Waals surface area (Å²) >= 11 is 18.1. The molecule has 2 aromatic rings. The highest BCUT2D eigenvalue weighted by Gasteiger charge is 2.04. The lowest BCUT2D eigenvalue weighted by atomic mass is 10.2. The van der Waals surface area contributed by atoms with Gasteiger partial charge in [-0.2, -0.15) is 0 Å². The highest BCUT2D eigenvalue weighted by Crippen LogP contribution is 2.25. The van der Waals surface area contributed by atoms with E-state index in [1.54, 1.807) is 36.4 Å². The van der Waals surface area contributed by atoms with E-state index in [2.05, 4.69) is 5.32 Å². The Morgan fingerprint density at radius 3 is 2.33 bits per heavy atom. The molecule has 108 valence electrons. The van der Waals surface area contributed by atoms with E-state index in [1.165, 1.54) is 6.08 Å². The number of nitrogens with one attached hydrogen (secondary N) is 1. The largest absolute Gasteiger partial charge is 0.322 e. The maximum atomic E-state index is 11.9. The summed E-state index contributed by atoms with van der Waals surface area (Å²) in [6.07, 6.45) is 2.96. The molecule has 21 heavy (non-hydrogen) atoms. The van der Waals surface area contributed by atoms with E-state index in [9.17, 15) is 4.79 Å². The molecule has 0 fully saturated rings. The average molecular weight is 341 g/mol. The van der Waals surface area contributed by atoms with Gasteiger partial charge in [-0.25, -0.2) is 0 Å². The molecule has 0 radical (unpaired) electrons. The average Bonchev–Trinajstić information content (AvgIpc) is 2.42. The molecular formula is C16H12Cl3NO. The van der Waals surface area contributed by atoms with Crippen molar-refractivity contribution in [2.75, 3.05) is 5.32 Å². The van der Waals surface area contributed by atoms with Gasteiger partial charge in [0.2, 0.25) is 5.91 Å². The quantitative estimate of drug-likeness (QED) is 0.723. The van der Waals surface area contributed by atoms with Crippen LogP contribution in [-0.4, -0.2) is 5.91 Å². The van der Waals surface area contributed by atoms with Crippen molar-refractivity contribution in [3.8, 4) is 0 Å². The number of hydrogen-bond acceptors (Lipinski definition) is 1. The van der Waals surface area contributed by atoms with Crippen LogP contribution in [0.3, 0.4) is 0 Å². The van der Waals surface area contributed by atoms with Crippen LogP contribution in [0.15, 0.2) is 42.5 Å². The van der Waals surface area contributed by atoms with Gasteiger partial charge in [0, 0.05) is 32.4 Å². The number of halogens is 3. The molecule has 2 rings (SSSR count). The van der Waals surface area contributed by atoms with Crippen LogP contribution >= 0.6 is 34.8 Å². The van der Waals surface area contributed by atoms with E-state index in [1.807, 2.05) is 13.0 Å². The molecule has 0 bridgehead atoms. The SMILES string of the molecule is Cc1ccc(NC(=O)C=Cc2c(Cl)cccc2Cl)cc1Cl. The highest BCUT2D eigenvalue weighted by atomic mass is 35.5. The van der Waals surface area contributed by atoms with Crippen molar-refractivity contribution in [3.63, 3.8) is 0 Å². The highest BCUT2D eigenvalue weighted by molar-refractivity contribution is 6.37. The van der Waals surface area contributed by atoms with Gasteiger partial charge < -0.3 is 5.32 Å². The van der Waals surface area contributed by atoms with Crippen LogP contribution in [0, 0.1) is 6.92 Å². The first-order valence-electron chi connectivity index (χ1n) is 6.16. The Morgan fingerprint density at radius 1 is 1.05 bits per heavy atom. The predicted molar refractivity (Wildman–Crippen MR) is 90.3 cm³/mol. The Bertz CT molecular complexity index is 690. The zero-order valence-electron chi connectivity index (χ0n) is 11.2. The Kier molecular flexibility index (Phi) is 5.29. The zero-order chi connectivity index (χ0) is 15.4. The van der Waals surface area contributed by atoms with Crippen molar-refractivity contribution in [2.45, 2.75) is 6.92 Å². The lowest BCUT2D eigenvalue weighted by Crippen LogP contribution is -2.07. The van der Waals surface area contributed by atoms with Crippen molar-refractivity contribution in [2.24, 2.45) is 0 Å². The number of anilines is 1. The van der Waals surface area contributed by atoms with Gasteiger partial charge in [-0.05, 0) is 42.8 Å². The molecule has 0 saturated heterocycles. The third kappa shape index (κ3) is 4.24. The van der Waals surface area contributed by atoms with E-state index in [0.29, 0.717) is 26.3 Å². The first kappa shape index (κ1) is 15.9. The van der Waals surface area contributed by atoms with Gasteiger partial charge in [0.15, 0.2) is 0 Å². The molecule has 0 aliphatic heterocycles. The fourth-order valence-electron chi connectivity index (χ4n) is 1.68. The van der Waals surface area contributed by atoms with E-state index >= 15 is 0 Å². The molecule has 5 heteroatoms. The standard InChI is InChI=1S/C16H12Cl3NO/c1-10-5-6-11(9-15(10)19)20-16(21)8-7-12-13(17)3-2-4-14(12)18/h2-9H,1H3,(H,20,21). The molecule has 0 heterocycles. The zero-order valence-corrected chi connectivity index (χ0v) is 13.4. The van der Waals surface area contributed by atoms with Crippen LogP contribution in [0.25, 0.3) is 6.08 Å². The first-order valence-corrected chi connectivity index (χ1v) is 7.30. The minimum Gasteiger partial charge on any atom is -0.322 e. The normalized spacial score (nSPS) is 10.9. The molecule has 0 atom stereocenters. The maximum absolute atomic E-state index is 11.9. The van der Waals surface area contributed by atoms with E-state index < -0.39 is 0 Å². The monoisotopic (exact) mass is 339 g/mol. The van der Waals surface area contributed by atoms with Crippen molar-refractivity contribution in [3.05, 3.63) is 68.7 Å². The van der Waals surface area contributed by atoms with Gasteiger partial charge in [0.1, 0.15) is 0 Å². The third-order valence-corrected chi connectivity index (χ3v) is 3.91. The van der Waals surface area contributed by atoms with Gasteiger partial charge >= 0.3 is 0 Å². The molecule has 0 spiro atoms. The second kappa shape index (κ2) is 6.99. The van der Waals surface area contributed by atoms with E-state index in [0.717, 1.165) is 5.56 Å². The second-order valence-corrected chi connectivity index (χ2v) is 5.64. The van der Waals surface area contributed by atoms with Crippen molar-refractivity contribution < 1.29 is 4.79 Å². The minimum atomic E-state index is -0.286. The van der Waals surface area contributed by atoms with Crippen LogP contribution in [-0.2, 0) is 4.79 Å². The molecule has 0 saturated carbocycles. The number of aryl methyl sites for hydroxylation is 1. The summed E-state index contributed by atoms with van der Waals surface area (Å²) in [4.78, 5) is 11.9. The number of rotatable bonds is 3. The van der Waals surface area contributed by atoms with Gasteiger partial charge in [-0.1, -0.05) is 46.9 Å². The lowest BCUT2D eigenvalue weighted by molar-refractivity contribution is -0.111. The summed E-state index contributed by atoms with van der Waals surface area (Å²) in [5.74, 6) is -0.286. The summed E-state index contributed by atoms with van der Waals surface area (Å²) in [6, 6.07) is 10.5. The second-order valence-electron chi connectivity index (χ2n) is 4.42. The number of carbonyl (C=O) groups is 1. The maximum Gasteiger partial charge on any atom is 0.248 e. The first-order chi connectivity index (χ1) is 9.97.